The molecule has 0 N–H and O–H groups in total. The van der Waals surface area contributed by atoms with E-state index in [0.29, 0.717) is 17.0 Å². The Hall–Kier alpha value is -1.35. The Labute approximate surface area is 124 Å². The number of rotatable bonds is 4. The summed E-state index contributed by atoms with van der Waals surface area (Å²) in [6, 6.07) is 3.36. The molecule has 1 saturated carbocycles. The zero-order valence-corrected chi connectivity index (χ0v) is 12.6. The van der Waals surface area contributed by atoms with Crippen molar-refractivity contribution in [2.45, 2.75) is 39.0 Å². The van der Waals surface area contributed by atoms with Gasteiger partial charge in [-0.15, -0.1) is 0 Å². The third-order valence-corrected chi connectivity index (χ3v) is 4.28. The summed E-state index contributed by atoms with van der Waals surface area (Å²) in [5, 5.41) is 0.463. The summed E-state index contributed by atoms with van der Waals surface area (Å²) in [6.45, 7) is 1.83. The van der Waals surface area contributed by atoms with Crippen LogP contribution in [-0.2, 0) is 16.0 Å². The van der Waals surface area contributed by atoms with Gasteiger partial charge in [-0.25, -0.2) is 4.79 Å². The van der Waals surface area contributed by atoms with Crippen molar-refractivity contribution in [3.05, 3.63) is 33.8 Å². The van der Waals surface area contributed by atoms with Gasteiger partial charge >= 0.3 is 5.97 Å². The second-order valence-electron chi connectivity index (χ2n) is 5.35. The molecule has 2 rings (SSSR count). The Bertz CT molecular complexity index is 531. The van der Waals surface area contributed by atoms with Gasteiger partial charge in [0.2, 0.25) is 0 Å². The van der Waals surface area contributed by atoms with Crippen LogP contribution in [0.1, 0.15) is 47.2 Å². The second kappa shape index (κ2) is 6.40. The standard InChI is InChI=1S/C16H19ClO3/c1-10-12(8-15(18)11-5-3-4-6-11)7-13(17)9-14(10)16(19)20-2/h7,9,11H,3-6,8H2,1-2H3. The maximum absolute atomic E-state index is 12.3. The van der Waals surface area contributed by atoms with Crippen LogP contribution in [0.3, 0.4) is 0 Å². The van der Waals surface area contributed by atoms with Crippen LogP contribution < -0.4 is 0 Å². The highest BCUT2D eigenvalue weighted by molar-refractivity contribution is 6.31. The van der Waals surface area contributed by atoms with E-state index >= 15 is 0 Å². The number of hydrogen-bond acceptors (Lipinski definition) is 3. The van der Waals surface area contributed by atoms with Gasteiger partial charge in [0, 0.05) is 17.4 Å². The summed E-state index contributed by atoms with van der Waals surface area (Å²) < 4.78 is 4.75. The Morgan fingerprint density at radius 2 is 1.95 bits per heavy atom. The first-order valence-electron chi connectivity index (χ1n) is 6.93. The molecule has 20 heavy (non-hydrogen) atoms. The van der Waals surface area contributed by atoms with E-state index in [1.807, 2.05) is 6.92 Å². The monoisotopic (exact) mass is 294 g/mol. The molecule has 0 radical (unpaired) electrons. The van der Waals surface area contributed by atoms with Crippen LogP contribution in [0.25, 0.3) is 0 Å². The Morgan fingerprint density at radius 1 is 1.30 bits per heavy atom. The molecule has 1 aliphatic rings. The molecule has 1 aliphatic carbocycles. The average Bonchev–Trinajstić information content (AvgIpc) is 2.95. The van der Waals surface area contributed by atoms with E-state index in [4.69, 9.17) is 16.3 Å². The summed E-state index contributed by atoms with van der Waals surface area (Å²) in [4.78, 5) is 24.0. The number of ketones is 1. The zero-order chi connectivity index (χ0) is 14.7. The van der Waals surface area contributed by atoms with Gasteiger partial charge in [0.25, 0.3) is 0 Å². The molecule has 0 aliphatic heterocycles. The molecule has 0 amide bonds. The highest BCUT2D eigenvalue weighted by atomic mass is 35.5. The van der Waals surface area contributed by atoms with Gasteiger partial charge in [-0.1, -0.05) is 24.4 Å². The minimum absolute atomic E-state index is 0.176. The van der Waals surface area contributed by atoms with Crippen LogP contribution in [0.2, 0.25) is 5.02 Å². The van der Waals surface area contributed by atoms with Crippen molar-refractivity contribution < 1.29 is 14.3 Å². The lowest BCUT2D eigenvalue weighted by Crippen LogP contribution is -2.15. The minimum atomic E-state index is -0.417. The Balaban J connectivity index is 2.24. The van der Waals surface area contributed by atoms with Crippen molar-refractivity contribution in [1.82, 2.24) is 0 Å². The van der Waals surface area contributed by atoms with Crippen LogP contribution in [0.5, 0.6) is 0 Å². The van der Waals surface area contributed by atoms with Crippen LogP contribution in [0.15, 0.2) is 12.1 Å². The van der Waals surface area contributed by atoms with E-state index in [-0.39, 0.29) is 11.7 Å². The third kappa shape index (κ3) is 3.21. The molecule has 1 fully saturated rings. The van der Waals surface area contributed by atoms with E-state index in [9.17, 15) is 9.59 Å². The molecule has 4 heteroatoms. The smallest absolute Gasteiger partial charge is 0.338 e. The molecule has 0 heterocycles. The first-order valence-corrected chi connectivity index (χ1v) is 7.30. The number of carbonyl (C=O) groups is 2. The lowest BCUT2D eigenvalue weighted by molar-refractivity contribution is -0.122. The molecule has 0 unspecified atom stereocenters. The molecule has 0 atom stereocenters. The van der Waals surface area contributed by atoms with Crippen LogP contribution in [-0.4, -0.2) is 18.9 Å². The summed E-state index contributed by atoms with van der Waals surface area (Å²) in [5.41, 5.74) is 2.05. The molecular formula is C16H19ClO3. The third-order valence-electron chi connectivity index (χ3n) is 4.06. The van der Waals surface area contributed by atoms with Crippen molar-refractivity contribution >= 4 is 23.4 Å². The van der Waals surface area contributed by atoms with Crippen molar-refractivity contribution in [3.8, 4) is 0 Å². The fourth-order valence-electron chi connectivity index (χ4n) is 2.82. The van der Waals surface area contributed by atoms with Gasteiger partial charge < -0.3 is 4.74 Å². The van der Waals surface area contributed by atoms with E-state index < -0.39 is 5.97 Å². The van der Waals surface area contributed by atoms with Crippen LogP contribution in [0, 0.1) is 12.8 Å². The van der Waals surface area contributed by atoms with Gasteiger partial charge in [0.1, 0.15) is 5.78 Å². The number of carbonyl (C=O) groups excluding carboxylic acids is 2. The van der Waals surface area contributed by atoms with Crippen molar-refractivity contribution in [2.24, 2.45) is 5.92 Å². The molecule has 1 aromatic rings. The summed E-state index contributed by atoms with van der Waals surface area (Å²) in [5.74, 6) is 0.0122. The Morgan fingerprint density at radius 3 is 2.55 bits per heavy atom. The number of hydrogen-bond donors (Lipinski definition) is 0. The molecule has 3 nitrogen and oxygen atoms in total. The highest BCUT2D eigenvalue weighted by Gasteiger charge is 2.24. The molecule has 108 valence electrons. The fourth-order valence-corrected chi connectivity index (χ4v) is 3.06. The summed E-state index contributed by atoms with van der Waals surface area (Å²) in [7, 11) is 1.34. The summed E-state index contributed by atoms with van der Waals surface area (Å²) >= 11 is 6.05. The molecule has 0 aromatic heterocycles. The number of halogens is 1. The lowest BCUT2D eigenvalue weighted by Gasteiger charge is -2.13. The number of ether oxygens (including phenoxy) is 1. The molecule has 0 spiro atoms. The number of methoxy groups -OCH3 is 1. The number of Topliss-reactive ketones (excluding diaryl/α,β-unsaturated/α-hetero) is 1. The number of benzene rings is 1. The van der Waals surface area contributed by atoms with Crippen LogP contribution >= 0.6 is 11.6 Å². The SMILES string of the molecule is COC(=O)c1cc(Cl)cc(CC(=O)C2CCCC2)c1C. The first-order chi connectivity index (χ1) is 9.52. The zero-order valence-electron chi connectivity index (χ0n) is 11.9. The number of esters is 1. The predicted molar refractivity (Wildman–Crippen MR) is 78.2 cm³/mol. The largest absolute Gasteiger partial charge is 0.465 e. The minimum Gasteiger partial charge on any atom is -0.465 e. The quantitative estimate of drug-likeness (QED) is 0.795. The first kappa shape index (κ1) is 15.0. The summed E-state index contributed by atoms with van der Waals surface area (Å²) in [6.07, 6.45) is 4.60. The Kier molecular flexibility index (Phi) is 4.81. The van der Waals surface area contributed by atoms with Gasteiger partial charge in [-0.2, -0.15) is 0 Å². The van der Waals surface area contributed by atoms with E-state index in [2.05, 4.69) is 0 Å². The van der Waals surface area contributed by atoms with Crippen molar-refractivity contribution in [3.63, 3.8) is 0 Å². The van der Waals surface area contributed by atoms with E-state index in [1.165, 1.54) is 7.11 Å². The van der Waals surface area contributed by atoms with Crippen molar-refractivity contribution in [1.29, 1.82) is 0 Å². The lowest BCUT2D eigenvalue weighted by atomic mass is 9.92. The van der Waals surface area contributed by atoms with Gasteiger partial charge in [0.15, 0.2) is 0 Å². The maximum Gasteiger partial charge on any atom is 0.338 e. The molecule has 1 aromatic carbocycles. The van der Waals surface area contributed by atoms with Crippen molar-refractivity contribution in [2.75, 3.05) is 7.11 Å². The van der Waals surface area contributed by atoms with Gasteiger partial charge in [0.05, 0.1) is 12.7 Å². The average molecular weight is 295 g/mol. The topological polar surface area (TPSA) is 43.4 Å². The van der Waals surface area contributed by atoms with Crippen LogP contribution in [0.4, 0.5) is 0 Å². The van der Waals surface area contributed by atoms with Gasteiger partial charge in [-0.3, -0.25) is 4.79 Å². The van der Waals surface area contributed by atoms with Gasteiger partial charge in [-0.05, 0) is 43.0 Å². The second-order valence-corrected chi connectivity index (χ2v) is 5.79. The highest BCUT2D eigenvalue weighted by Crippen LogP contribution is 2.28. The predicted octanol–water partition coefficient (Wildman–Crippen LogP) is 3.74. The maximum atomic E-state index is 12.3. The fraction of sp³-hybridized carbons (Fsp3) is 0.500. The van der Waals surface area contributed by atoms with E-state index in [0.717, 1.165) is 36.8 Å². The molecular weight excluding hydrogens is 276 g/mol. The van der Waals surface area contributed by atoms with E-state index in [1.54, 1.807) is 12.1 Å². The normalized spacial score (nSPS) is 15.3. The molecule has 0 bridgehead atoms. The molecule has 0 saturated heterocycles.